The number of carbonyl (C=O) groups excluding carboxylic acids is 1. The van der Waals surface area contributed by atoms with Crippen molar-refractivity contribution in [1.29, 1.82) is 0 Å². The molecule has 1 fully saturated rings. The predicted octanol–water partition coefficient (Wildman–Crippen LogP) is 5.90. The number of ether oxygens (including phenoxy) is 1. The molecule has 2 heterocycles. The molecule has 7 heteroatoms. The Morgan fingerprint density at radius 2 is 1.91 bits per heavy atom. The Kier molecular flexibility index (Phi) is 7.01. The van der Waals surface area contributed by atoms with Gasteiger partial charge in [0, 0.05) is 34.9 Å². The molecule has 180 valence electrons. The monoisotopic (exact) mass is 480 g/mol. The second-order valence-corrected chi connectivity index (χ2v) is 10.6. The molecule has 3 atom stereocenters. The van der Waals surface area contributed by atoms with Gasteiger partial charge in [0.2, 0.25) is 5.91 Å². The van der Waals surface area contributed by atoms with E-state index in [0.717, 1.165) is 17.0 Å². The zero-order valence-corrected chi connectivity index (χ0v) is 21.1. The minimum Gasteiger partial charge on any atom is -0.491 e. The van der Waals surface area contributed by atoms with Gasteiger partial charge in [0.25, 0.3) is 0 Å². The average Bonchev–Trinajstić information content (AvgIpc) is 3.41. The molecule has 0 bridgehead atoms. The summed E-state index contributed by atoms with van der Waals surface area (Å²) in [6.45, 7) is 10.3. The Balaban J connectivity index is 1.56. The number of rotatable bonds is 6. The molecule has 1 amide bonds. The summed E-state index contributed by atoms with van der Waals surface area (Å²) in [4.78, 5) is 13.3. The highest BCUT2D eigenvalue weighted by atomic mass is 35.5. The standard InChI is InChI=1S/C27H33ClN4O2/c1-17(2)34-21-8-6-7-20(15-21)29-26(33)24-16-22(23-13-14-32(31-23)27(3,4)5)25(30-24)18-9-11-19(28)12-10-18/h6-15,17,22,24-25,30H,16H2,1-5H3,(H,29,33)/t22-,24-,25-/m0/s1. The van der Waals surface area contributed by atoms with Gasteiger partial charge in [0.15, 0.2) is 0 Å². The molecule has 34 heavy (non-hydrogen) atoms. The van der Waals surface area contributed by atoms with E-state index in [0.29, 0.717) is 17.1 Å². The maximum atomic E-state index is 13.3. The molecular formula is C27H33ClN4O2. The van der Waals surface area contributed by atoms with Crippen LogP contribution in [0.1, 0.15) is 64.3 Å². The molecule has 1 aromatic heterocycles. The lowest BCUT2D eigenvalue weighted by Crippen LogP contribution is -2.36. The zero-order chi connectivity index (χ0) is 24.5. The van der Waals surface area contributed by atoms with Crippen LogP contribution in [-0.4, -0.2) is 27.8 Å². The van der Waals surface area contributed by atoms with Gasteiger partial charge in [-0.25, -0.2) is 0 Å². The molecule has 2 aromatic carbocycles. The zero-order valence-electron chi connectivity index (χ0n) is 20.4. The summed E-state index contributed by atoms with van der Waals surface area (Å²) < 4.78 is 7.74. The van der Waals surface area contributed by atoms with Crippen LogP contribution in [0.15, 0.2) is 60.8 Å². The molecule has 0 radical (unpaired) electrons. The van der Waals surface area contributed by atoms with Gasteiger partial charge in [-0.3, -0.25) is 14.8 Å². The van der Waals surface area contributed by atoms with Gasteiger partial charge in [-0.2, -0.15) is 5.10 Å². The summed E-state index contributed by atoms with van der Waals surface area (Å²) in [5, 5.41) is 12.2. The third-order valence-electron chi connectivity index (χ3n) is 5.97. The lowest BCUT2D eigenvalue weighted by atomic mass is 9.90. The molecule has 1 saturated heterocycles. The number of nitrogens with zero attached hydrogens (tertiary/aromatic N) is 2. The summed E-state index contributed by atoms with van der Waals surface area (Å²) >= 11 is 6.13. The van der Waals surface area contributed by atoms with Crippen LogP contribution >= 0.6 is 11.6 Å². The van der Waals surface area contributed by atoms with Gasteiger partial charge >= 0.3 is 0 Å². The van der Waals surface area contributed by atoms with Crippen molar-refractivity contribution < 1.29 is 9.53 Å². The largest absolute Gasteiger partial charge is 0.491 e. The van der Waals surface area contributed by atoms with Gasteiger partial charge in [-0.05, 0) is 76.9 Å². The number of halogens is 1. The maximum Gasteiger partial charge on any atom is 0.241 e. The fourth-order valence-electron chi connectivity index (χ4n) is 4.32. The first-order valence-corrected chi connectivity index (χ1v) is 12.1. The highest BCUT2D eigenvalue weighted by molar-refractivity contribution is 6.30. The Labute approximate surface area is 206 Å². The number of benzene rings is 2. The summed E-state index contributed by atoms with van der Waals surface area (Å²) in [5.74, 6) is 0.714. The molecule has 0 unspecified atom stereocenters. The number of aromatic nitrogens is 2. The second-order valence-electron chi connectivity index (χ2n) is 10.1. The van der Waals surface area contributed by atoms with E-state index in [1.807, 2.05) is 73.3 Å². The van der Waals surface area contributed by atoms with Crippen LogP contribution in [0.4, 0.5) is 5.69 Å². The number of carbonyl (C=O) groups is 1. The lowest BCUT2D eigenvalue weighted by molar-refractivity contribution is -0.117. The topological polar surface area (TPSA) is 68.2 Å². The third-order valence-corrected chi connectivity index (χ3v) is 6.22. The number of hydrogen-bond acceptors (Lipinski definition) is 4. The number of amides is 1. The van der Waals surface area contributed by atoms with E-state index in [1.165, 1.54) is 0 Å². The van der Waals surface area contributed by atoms with E-state index in [-0.39, 0.29) is 35.6 Å². The van der Waals surface area contributed by atoms with Crippen LogP contribution < -0.4 is 15.4 Å². The maximum absolute atomic E-state index is 13.3. The molecule has 4 rings (SSSR count). The van der Waals surface area contributed by atoms with Crippen molar-refractivity contribution in [2.24, 2.45) is 0 Å². The molecule has 0 aliphatic carbocycles. The molecule has 2 N–H and O–H groups in total. The van der Waals surface area contributed by atoms with Crippen molar-refractivity contribution >= 4 is 23.2 Å². The van der Waals surface area contributed by atoms with Crippen molar-refractivity contribution in [3.05, 3.63) is 77.1 Å². The smallest absolute Gasteiger partial charge is 0.241 e. The first kappa shape index (κ1) is 24.3. The summed E-state index contributed by atoms with van der Waals surface area (Å²) in [6, 6.07) is 17.0. The van der Waals surface area contributed by atoms with Gasteiger partial charge in [-0.1, -0.05) is 29.8 Å². The highest BCUT2D eigenvalue weighted by Gasteiger charge is 2.40. The first-order chi connectivity index (χ1) is 16.1. The quantitative estimate of drug-likeness (QED) is 0.460. The van der Waals surface area contributed by atoms with Crippen molar-refractivity contribution in [2.75, 3.05) is 5.32 Å². The van der Waals surface area contributed by atoms with Crippen LogP contribution in [0.2, 0.25) is 5.02 Å². The van der Waals surface area contributed by atoms with E-state index >= 15 is 0 Å². The molecule has 1 aliphatic heterocycles. The SMILES string of the molecule is CC(C)Oc1cccc(NC(=O)[C@@H]2C[C@@H](c3ccn(C(C)(C)C)n3)[C@H](c3ccc(Cl)cc3)N2)c1. The van der Waals surface area contributed by atoms with Crippen LogP contribution in [0, 0.1) is 0 Å². The van der Waals surface area contributed by atoms with Gasteiger partial charge in [-0.15, -0.1) is 0 Å². The third kappa shape index (κ3) is 5.62. The van der Waals surface area contributed by atoms with Crippen LogP contribution in [0.25, 0.3) is 0 Å². The second kappa shape index (κ2) is 9.80. The molecule has 3 aromatic rings. The minimum atomic E-state index is -0.361. The van der Waals surface area contributed by atoms with E-state index in [1.54, 1.807) is 0 Å². The average molecular weight is 481 g/mol. The fourth-order valence-corrected chi connectivity index (χ4v) is 4.45. The predicted molar refractivity (Wildman–Crippen MR) is 137 cm³/mol. The summed E-state index contributed by atoms with van der Waals surface area (Å²) in [6.07, 6.45) is 2.72. The molecule has 6 nitrogen and oxygen atoms in total. The van der Waals surface area contributed by atoms with Gasteiger partial charge in [0.1, 0.15) is 5.75 Å². The molecule has 0 saturated carbocycles. The first-order valence-electron chi connectivity index (χ1n) is 11.8. The van der Waals surface area contributed by atoms with E-state index < -0.39 is 0 Å². The molecular weight excluding hydrogens is 448 g/mol. The number of nitrogens with one attached hydrogen (secondary N) is 2. The van der Waals surface area contributed by atoms with Crippen LogP contribution in [0.5, 0.6) is 5.75 Å². The van der Waals surface area contributed by atoms with Crippen LogP contribution in [0.3, 0.4) is 0 Å². The Bertz CT molecular complexity index is 1130. The normalized spacial score (nSPS) is 20.5. The number of anilines is 1. The Morgan fingerprint density at radius 1 is 1.18 bits per heavy atom. The lowest BCUT2D eigenvalue weighted by Gasteiger charge is -2.21. The highest BCUT2D eigenvalue weighted by Crippen LogP contribution is 2.40. The fraction of sp³-hybridized carbons (Fsp3) is 0.407. The van der Waals surface area contributed by atoms with Crippen molar-refractivity contribution in [2.45, 2.75) is 70.7 Å². The van der Waals surface area contributed by atoms with E-state index in [2.05, 4.69) is 37.5 Å². The van der Waals surface area contributed by atoms with Gasteiger partial charge in [0.05, 0.1) is 23.4 Å². The van der Waals surface area contributed by atoms with Crippen molar-refractivity contribution in [1.82, 2.24) is 15.1 Å². The molecule has 0 spiro atoms. The van der Waals surface area contributed by atoms with Crippen LogP contribution in [-0.2, 0) is 10.3 Å². The number of hydrogen-bond donors (Lipinski definition) is 2. The van der Waals surface area contributed by atoms with Crippen molar-refractivity contribution in [3.8, 4) is 5.75 Å². The van der Waals surface area contributed by atoms with E-state index in [9.17, 15) is 4.79 Å². The van der Waals surface area contributed by atoms with Gasteiger partial charge < -0.3 is 10.1 Å². The Morgan fingerprint density at radius 3 is 2.56 bits per heavy atom. The minimum absolute atomic E-state index is 0.0491. The Hall–Kier alpha value is -2.83. The summed E-state index contributed by atoms with van der Waals surface area (Å²) in [5.41, 5.74) is 2.67. The van der Waals surface area contributed by atoms with Crippen molar-refractivity contribution in [3.63, 3.8) is 0 Å². The molecule has 1 aliphatic rings. The van der Waals surface area contributed by atoms with E-state index in [4.69, 9.17) is 21.4 Å². The summed E-state index contributed by atoms with van der Waals surface area (Å²) in [7, 11) is 0.